The first kappa shape index (κ1) is 19.2. The van der Waals surface area contributed by atoms with E-state index in [2.05, 4.69) is 48.5 Å². The maximum Gasteiger partial charge on any atom is 0.190 e. The van der Waals surface area contributed by atoms with E-state index in [0.717, 1.165) is 51.6 Å². The van der Waals surface area contributed by atoms with Crippen LogP contribution in [0.5, 0.6) is 0 Å². The standard InChI is InChI=1S/C15H34N4O/c1-7-20-11-9-8-10-17-14(16-4)18-12-15(2,3)13-19(5)6/h7-13H2,1-6H3,(H2,16,17,18). The lowest BCUT2D eigenvalue weighted by molar-refractivity contribution is 0.143. The van der Waals surface area contributed by atoms with Crippen molar-refractivity contribution in [2.75, 3.05) is 54.0 Å². The first-order valence-electron chi connectivity index (χ1n) is 7.58. The Morgan fingerprint density at radius 2 is 1.90 bits per heavy atom. The Balaban J connectivity index is 3.82. The highest BCUT2D eigenvalue weighted by molar-refractivity contribution is 5.79. The lowest BCUT2D eigenvalue weighted by Crippen LogP contribution is -2.45. The molecular weight excluding hydrogens is 252 g/mol. The van der Waals surface area contributed by atoms with Gasteiger partial charge in [0.2, 0.25) is 0 Å². The number of nitrogens with one attached hydrogen (secondary N) is 2. The van der Waals surface area contributed by atoms with Crippen molar-refractivity contribution in [3.63, 3.8) is 0 Å². The molecule has 0 aromatic heterocycles. The Bertz CT molecular complexity index is 265. The van der Waals surface area contributed by atoms with Crippen molar-refractivity contribution in [2.24, 2.45) is 10.4 Å². The molecule has 2 N–H and O–H groups in total. The second kappa shape index (κ2) is 10.9. The summed E-state index contributed by atoms with van der Waals surface area (Å²) in [5, 5.41) is 6.74. The number of nitrogens with zero attached hydrogens (tertiary/aromatic N) is 2. The SMILES string of the molecule is CCOCCCCNC(=NC)NCC(C)(C)CN(C)C. The quantitative estimate of drug-likeness (QED) is 0.363. The third-order valence-corrected chi connectivity index (χ3v) is 2.91. The van der Waals surface area contributed by atoms with E-state index in [1.807, 2.05) is 14.0 Å². The number of rotatable bonds is 10. The zero-order chi connectivity index (χ0) is 15.4. The van der Waals surface area contributed by atoms with Crippen molar-refractivity contribution in [1.29, 1.82) is 0 Å². The van der Waals surface area contributed by atoms with E-state index in [-0.39, 0.29) is 5.41 Å². The van der Waals surface area contributed by atoms with Crippen LogP contribution in [0.15, 0.2) is 4.99 Å². The number of unbranched alkanes of at least 4 members (excludes halogenated alkanes) is 1. The van der Waals surface area contributed by atoms with Crippen LogP contribution in [-0.2, 0) is 4.74 Å². The van der Waals surface area contributed by atoms with Crippen LogP contribution in [0, 0.1) is 5.41 Å². The molecule has 5 nitrogen and oxygen atoms in total. The van der Waals surface area contributed by atoms with Crippen molar-refractivity contribution >= 4 is 5.96 Å². The summed E-state index contributed by atoms with van der Waals surface area (Å²) in [4.78, 5) is 6.47. The molecule has 0 spiro atoms. The van der Waals surface area contributed by atoms with Gasteiger partial charge in [-0.05, 0) is 39.3 Å². The largest absolute Gasteiger partial charge is 0.382 e. The average molecular weight is 286 g/mol. The highest BCUT2D eigenvalue weighted by atomic mass is 16.5. The molecule has 0 saturated carbocycles. The molecule has 0 radical (unpaired) electrons. The number of hydrogen-bond acceptors (Lipinski definition) is 3. The fourth-order valence-electron chi connectivity index (χ4n) is 2.14. The van der Waals surface area contributed by atoms with Crippen LogP contribution in [-0.4, -0.2) is 64.9 Å². The van der Waals surface area contributed by atoms with Gasteiger partial charge in [-0.25, -0.2) is 0 Å². The van der Waals surface area contributed by atoms with Crippen LogP contribution in [0.3, 0.4) is 0 Å². The van der Waals surface area contributed by atoms with Gasteiger partial charge in [0, 0.05) is 39.9 Å². The molecular formula is C15H34N4O. The summed E-state index contributed by atoms with van der Waals surface area (Å²) >= 11 is 0. The molecule has 120 valence electrons. The van der Waals surface area contributed by atoms with E-state index in [9.17, 15) is 0 Å². The molecule has 0 aliphatic carbocycles. The van der Waals surface area contributed by atoms with Crippen LogP contribution in [0.25, 0.3) is 0 Å². The molecule has 0 rings (SSSR count). The van der Waals surface area contributed by atoms with Gasteiger partial charge in [0.05, 0.1) is 0 Å². The lowest BCUT2D eigenvalue weighted by atomic mass is 9.93. The fraction of sp³-hybridized carbons (Fsp3) is 0.933. The van der Waals surface area contributed by atoms with Gasteiger partial charge < -0.3 is 20.3 Å². The highest BCUT2D eigenvalue weighted by Crippen LogP contribution is 2.13. The van der Waals surface area contributed by atoms with E-state index < -0.39 is 0 Å². The lowest BCUT2D eigenvalue weighted by Gasteiger charge is -2.29. The highest BCUT2D eigenvalue weighted by Gasteiger charge is 2.18. The van der Waals surface area contributed by atoms with Crippen molar-refractivity contribution in [3.8, 4) is 0 Å². The number of ether oxygens (including phenoxy) is 1. The Labute approximate surface area is 125 Å². The van der Waals surface area contributed by atoms with Crippen LogP contribution in [0.4, 0.5) is 0 Å². The minimum atomic E-state index is 0.218. The summed E-state index contributed by atoms with van der Waals surface area (Å²) < 4.78 is 5.32. The van der Waals surface area contributed by atoms with Gasteiger partial charge in [-0.3, -0.25) is 4.99 Å². The van der Waals surface area contributed by atoms with Gasteiger partial charge >= 0.3 is 0 Å². The second-order valence-electron chi connectivity index (χ2n) is 6.16. The monoisotopic (exact) mass is 286 g/mol. The van der Waals surface area contributed by atoms with Gasteiger partial charge in [-0.2, -0.15) is 0 Å². The third kappa shape index (κ3) is 11.1. The van der Waals surface area contributed by atoms with Crippen molar-refractivity contribution in [1.82, 2.24) is 15.5 Å². The Kier molecular flexibility index (Phi) is 10.5. The zero-order valence-corrected chi connectivity index (χ0v) is 14.3. The first-order valence-corrected chi connectivity index (χ1v) is 7.58. The third-order valence-electron chi connectivity index (χ3n) is 2.91. The summed E-state index contributed by atoms with van der Waals surface area (Å²) in [5.74, 6) is 0.883. The first-order chi connectivity index (χ1) is 9.41. The number of hydrogen-bond donors (Lipinski definition) is 2. The molecule has 0 unspecified atom stereocenters. The smallest absolute Gasteiger partial charge is 0.190 e. The second-order valence-corrected chi connectivity index (χ2v) is 6.16. The van der Waals surface area contributed by atoms with Crippen LogP contribution >= 0.6 is 0 Å². The normalized spacial score (nSPS) is 12.8. The summed E-state index contributed by atoms with van der Waals surface area (Å²) in [6, 6.07) is 0. The average Bonchev–Trinajstić information content (AvgIpc) is 2.35. The summed E-state index contributed by atoms with van der Waals surface area (Å²) in [6.45, 7) is 11.1. The maximum absolute atomic E-state index is 5.32. The predicted octanol–water partition coefficient (Wildman–Crippen LogP) is 1.56. The molecule has 0 aromatic carbocycles. The molecule has 0 amide bonds. The van der Waals surface area contributed by atoms with E-state index in [0.29, 0.717) is 0 Å². The maximum atomic E-state index is 5.32. The van der Waals surface area contributed by atoms with Crippen molar-refractivity contribution in [2.45, 2.75) is 33.6 Å². The van der Waals surface area contributed by atoms with E-state index in [4.69, 9.17) is 4.74 Å². The minimum absolute atomic E-state index is 0.218. The van der Waals surface area contributed by atoms with E-state index in [1.54, 1.807) is 0 Å². The van der Waals surface area contributed by atoms with Gasteiger partial charge in [-0.1, -0.05) is 13.8 Å². The van der Waals surface area contributed by atoms with Gasteiger partial charge in [0.25, 0.3) is 0 Å². The Hall–Kier alpha value is -0.810. The van der Waals surface area contributed by atoms with Crippen LogP contribution in [0.2, 0.25) is 0 Å². The van der Waals surface area contributed by atoms with Crippen LogP contribution in [0.1, 0.15) is 33.6 Å². The van der Waals surface area contributed by atoms with Crippen LogP contribution < -0.4 is 10.6 Å². The summed E-state index contributed by atoms with van der Waals surface area (Å²) in [5.41, 5.74) is 0.218. The summed E-state index contributed by atoms with van der Waals surface area (Å²) in [7, 11) is 6.02. The molecule has 0 aromatic rings. The molecule has 5 heteroatoms. The predicted molar refractivity (Wildman–Crippen MR) is 87.4 cm³/mol. The molecule has 0 fully saturated rings. The van der Waals surface area contributed by atoms with Gasteiger partial charge in [0.15, 0.2) is 5.96 Å². The fourth-order valence-corrected chi connectivity index (χ4v) is 2.14. The van der Waals surface area contributed by atoms with Crippen molar-refractivity contribution in [3.05, 3.63) is 0 Å². The molecule has 0 bridgehead atoms. The van der Waals surface area contributed by atoms with E-state index >= 15 is 0 Å². The van der Waals surface area contributed by atoms with E-state index in [1.165, 1.54) is 0 Å². The number of aliphatic imine (C=N–C) groups is 1. The topological polar surface area (TPSA) is 48.9 Å². The van der Waals surface area contributed by atoms with Gasteiger partial charge in [0.1, 0.15) is 0 Å². The Morgan fingerprint density at radius 1 is 1.20 bits per heavy atom. The molecule has 0 aliphatic rings. The van der Waals surface area contributed by atoms with Gasteiger partial charge in [-0.15, -0.1) is 0 Å². The molecule has 0 aliphatic heterocycles. The summed E-state index contributed by atoms with van der Waals surface area (Å²) in [6.07, 6.45) is 2.19. The molecule has 20 heavy (non-hydrogen) atoms. The molecule has 0 atom stereocenters. The molecule has 0 heterocycles. The molecule has 0 saturated heterocycles. The van der Waals surface area contributed by atoms with Crippen molar-refractivity contribution < 1.29 is 4.74 Å². The Morgan fingerprint density at radius 3 is 2.45 bits per heavy atom. The minimum Gasteiger partial charge on any atom is -0.382 e. The number of guanidine groups is 1. The zero-order valence-electron chi connectivity index (χ0n) is 14.3.